The van der Waals surface area contributed by atoms with Crippen LogP contribution in [-0.2, 0) is 0 Å². The van der Waals surface area contributed by atoms with E-state index in [2.05, 4.69) is 20.6 Å². The molecule has 0 aliphatic carbocycles. The monoisotopic (exact) mass is 332 g/mol. The van der Waals surface area contributed by atoms with E-state index in [1.54, 1.807) is 18.2 Å². The van der Waals surface area contributed by atoms with E-state index in [4.69, 9.17) is 21.1 Å². The fourth-order valence-corrected chi connectivity index (χ4v) is 2.05. The largest absolute Gasteiger partial charge is 0.487 e. The molecule has 1 aromatic heterocycles. The number of halogens is 1. The van der Waals surface area contributed by atoms with Crippen molar-refractivity contribution in [3.05, 3.63) is 47.8 Å². The summed E-state index contributed by atoms with van der Waals surface area (Å²) in [5.74, 6) is 1.09. The fraction of sp³-hybridized carbons (Fsp3) is 0.133. The molecule has 0 fully saturated rings. The third-order valence-electron chi connectivity index (χ3n) is 2.87. The lowest BCUT2D eigenvalue weighted by Crippen LogP contribution is -2.21. The number of ether oxygens (including phenoxy) is 2. The molecule has 0 saturated heterocycles. The van der Waals surface area contributed by atoms with Gasteiger partial charge in [0.2, 0.25) is 5.88 Å². The molecule has 7 nitrogen and oxygen atoms in total. The van der Waals surface area contributed by atoms with Crippen molar-refractivity contribution in [2.24, 2.45) is 0 Å². The van der Waals surface area contributed by atoms with Gasteiger partial charge in [0.25, 0.3) is 0 Å². The van der Waals surface area contributed by atoms with E-state index in [0.717, 1.165) is 0 Å². The van der Waals surface area contributed by atoms with Gasteiger partial charge in [-0.15, -0.1) is 0 Å². The number of aromatic nitrogens is 2. The van der Waals surface area contributed by atoms with Crippen molar-refractivity contribution in [2.45, 2.75) is 0 Å². The second-order valence-electron chi connectivity index (χ2n) is 4.56. The van der Waals surface area contributed by atoms with Crippen LogP contribution in [0.25, 0.3) is 0 Å². The van der Waals surface area contributed by atoms with Gasteiger partial charge in [-0.1, -0.05) is 11.6 Å². The molecule has 2 amide bonds. The molecule has 118 valence electrons. The van der Waals surface area contributed by atoms with Gasteiger partial charge < -0.3 is 14.8 Å². The summed E-state index contributed by atoms with van der Waals surface area (Å²) in [6.45, 7) is 0.647. The Balaban J connectivity index is 1.89. The van der Waals surface area contributed by atoms with Crippen molar-refractivity contribution in [1.82, 2.24) is 9.97 Å². The SMILES string of the molecule is O=C1Nc2cncc(n2)OCC=CCOc2ccc(Cl)cc2N1. The Hall–Kier alpha value is -2.80. The van der Waals surface area contributed by atoms with E-state index in [0.29, 0.717) is 35.6 Å². The number of carbonyl (C=O) groups excluding carboxylic acids is 1. The number of rotatable bonds is 0. The maximum atomic E-state index is 12.1. The lowest BCUT2D eigenvalue weighted by atomic mass is 10.3. The first-order valence-electron chi connectivity index (χ1n) is 6.81. The minimum atomic E-state index is -0.490. The molecule has 0 spiro atoms. The Morgan fingerprint density at radius 1 is 1.09 bits per heavy atom. The molecule has 23 heavy (non-hydrogen) atoms. The molecule has 2 bridgehead atoms. The molecule has 1 aliphatic heterocycles. The summed E-state index contributed by atoms with van der Waals surface area (Å²) >= 11 is 5.97. The number of urea groups is 1. The Kier molecular flexibility index (Phi) is 4.58. The summed E-state index contributed by atoms with van der Waals surface area (Å²) in [5.41, 5.74) is 0.459. The number of hydrogen-bond donors (Lipinski definition) is 2. The van der Waals surface area contributed by atoms with Crippen LogP contribution in [0.5, 0.6) is 11.6 Å². The topological polar surface area (TPSA) is 85.4 Å². The van der Waals surface area contributed by atoms with Gasteiger partial charge in [0.15, 0.2) is 5.82 Å². The highest BCUT2D eigenvalue weighted by molar-refractivity contribution is 6.31. The lowest BCUT2D eigenvalue weighted by Gasteiger charge is -2.13. The van der Waals surface area contributed by atoms with E-state index in [-0.39, 0.29) is 5.82 Å². The summed E-state index contributed by atoms with van der Waals surface area (Å²) in [6.07, 6.45) is 6.50. The van der Waals surface area contributed by atoms with E-state index in [1.807, 2.05) is 12.2 Å². The van der Waals surface area contributed by atoms with Crippen molar-refractivity contribution >= 4 is 29.1 Å². The van der Waals surface area contributed by atoms with Crippen LogP contribution in [0, 0.1) is 0 Å². The van der Waals surface area contributed by atoms with Crippen molar-refractivity contribution in [2.75, 3.05) is 23.8 Å². The average Bonchev–Trinajstić information content (AvgIpc) is 2.52. The molecule has 2 aromatic rings. The number of benzene rings is 1. The highest BCUT2D eigenvalue weighted by Gasteiger charge is 2.10. The normalized spacial score (nSPS) is 14.4. The Bertz CT molecular complexity index is 751. The molecular weight excluding hydrogens is 320 g/mol. The fourth-order valence-electron chi connectivity index (χ4n) is 1.88. The summed E-state index contributed by atoms with van der Waals surface area (Å²) < 4.78 is 11.0. The zero-order valence-corrected chi connectivity index (χ0v) is 12.7. The van der Waals surface area contributed by atoms with Crippen molar-refractivity contribution in [1.29, 1.82) is 0 Å². The Morgan fingerprint density at radius 2 is 1.91 bits per heavy atom. The summed E-state index contributed by atoms with van der Waals surface area (Å²) in [5, 5.41) is 5.73. The third-order valence-corrected chi connectivity index (χ3v) is 3.11. The standard InChI is InChI=1S/C15H13ClN4O3/c16-10-3-4-12-11(7-10)18-15(21)20-13-8-17-9-14(19-13)23-6-2-1-5-22-12/h1-4,7-9H,5-6H2,(H2,18,19,20,21). The average molecular weight is 333 g/mol. The number of fused-ring (bicyclic) bond motifs is 3. The Labute approximate surface area is 137 Å². The predicted molar refractivity (Wildman–Crippen MR) is 86.3 cm³/mol. The smallest absolute Gasteiger partial charge is 0.325 e. The molecular formula is C15H13ClN4O3. The van der Waals surface area contributed by atoms with E-state index < -0.39 is 6.03 Å². The Morgan fingerprint density at radius 3 is 2.78 bits per heavy atom. The second kappa shape index (κ2) is 6.97. The van der Waals surface area contributed by atoms with Crippen LogP contribution in [0.4, 0.5) is 16.3 Å². The van der Waals surface area contributed by atoms with Gasteiger partial charge >= 0.3 is 6.03 Å². The number of amides is 2. The predicted octanol–water partition coefficient (Wildman–Crippen LogP) is 3.10. The quantitative estimate of drug-likeness (QED) is 0.724. The van der Waals surface area contributed by atoms with Gasteiger partial charge in [-0.3, -0.25) is 10.3 Å². The molecule has 1 aliphatic rings. The number of anilines is 2. The minimum Gasteiger partial charge on any atom is -0.487 e. The lowest BCUT2D eigenvalue weighted by molar-refractivity contribution is 0.262. The number of hydrogen-bond acceptors (Lipinski definition) is 5. The summed E-state index contributed by atoms with van der Waals surface area (Å²) in [7, 11) is 0. The zero-order valence-electron chi connectivity index (χ0n) is 12.0. The maximum absolute atomic E-state index is 12.1. The van der Waals surface area contributed by atoms with Crippen molar-refractivity contribution in [3.63, 3.8) is 0 Å². The molecule has 2 N–H and O–H groups in total. The van der Waals surface area contributed by atoms with Crippen LogP contribution < -0.4 is 20.1 Å². The molecule has 0 radical (unpaired) electrons. The van der Waals surface area contributed by atoms with Crippen LogP contribution >= 0.6 is 11.6 Å². The van der Waals surface area contributed by atoms with E-state index in [9.17, 15) is 4.79 Å². The highest BCUT2D eigenvalue weighted by Crippen LogP contribution is 2.28. The summed E-state index contributed by atoms with van der Waals surface area (Å²) in [6, 6.07) is 4.49. The molecule has 0 unspecified atom stereocenters. The number of carbonyl (C=O) groups is 1. The van der Waals surface area contributed by atoms with Crippen molar-refractivity contribution < 1.29 is 14.3 Å². The molecule has 3 rings (SSSR count). The minimum absolute atomic E-state index is 0.269. The number of nitrogens with zero attached hydrogens (tertiary/aromatic N) is 2. The van der Waals surface area contributed by atoms with Gasteiger partial charge in [-0.25, -0.2) is 4.79 Å². The van der Waals surface area contributed by atoms with Gasteiger partial charge in [0, 0.05) is 5.02 Å². The third kappa shape index (κ3) is 4.10. The van der Waals surface area contributed by atoms with Gasteiger partial charge in [0.1, 0.15) is 19.0 Å². The van der Waals surface area contributed by atoms with Crippen LogP contribution in [0.15, 0.2) is 42.7 Å². The first-order valence-corrected chi connectivity index (χ1v) is 7.19. The maximum Gasteiger partial charge on any atom is 0.325 e. The van der Waals surface area contributed by atoms with Gasteiger partial charge in [-0.2, -0.15) is 4.98 Å². The molecule has 8 heteroatoms. The van der Waals surface area contributed by atoms with Gasteiger partial charge in [0.05, 0.1) is 18.1 Å². The van der Waals surface area contributed by atoms with Gasteiger partial charge in [-0.05, 0) is 30.4 Å². The molecule has 0 saturated carbocycles. The van der Waals surface area contributed by atoms with Crippen LogP contribution in [0.1, 0.15) is 0 Å². The van der Waals surface area contributed by atoms with Crippen LogP contribution in [0.3, 0.4) is 0 Å². The van der Waals surface area contributed by atoms with Crippen LogP contribution in [-0.4, -0.2) is 29.2 Å². The van der Waals surface area contributed by atoms with E-state index in [1.165, 1.54) is 12.4 Å². The molecule has 0 atom stereocenters. The van der Waals surface area contributed by atoms with Crippen LogP contribution in [0.2, 0.25) is 5.02 Å². The first kappa shape index (κ1) is 15.1. The molecule has 2 heterocycles. The van der Waals surface area contributed by atoms with E-state index >= 15 is 0 Å². The highest BCUT2D eigenvalue weighted by atomic mass is 35.5. The number of nitrogens with one attached hydrogen (secondary N) is 2. The van der Waals surface area contributed by atoms with Crippen molar-refractivity contribution in [3.8, 4) is 11.6 Å². The zero-order chi connectivity index (χ0) is 16.1. The first-order chi connectivity index (χ1) is 11.2. The second-order valence-corrected chi connectivity index (χ2v) is 4.99. The summed E-state index contributed by atoms with van der Waals surface area (Å²) in [4.78, 5) is 20.2. The molecule has 1 aromatic carbocycles.